The standard InChI is InChI=1S/C24H29N3O2S/c1-15(2)14-27-23(29)21(30-24(27)25-19-10-7-16(3)8-11-19)13-22(28)26-20-12-17(4)6-9-18(20)5/h6-12,15,21H,13-14H2,1-5H3,(H,26,28). The fourth-order valence-corrected chi connectivity index (χ4v) is 4.40. The van der Waals surface area contributed by atoms with Gasteiger partial charge in [-0.1, -0.05) is 55.4 Å². The van der Waals surface area contributed by atoms with Gasteiger partial charge in [0.15, 0.2) is 5.17 Å². The second-order valence-corrected chi connectivity index (χ2v) is 9.42. The number of amidine groups is 1. The van der Waals surface area contributed by atoms with E-state index in [1.54, 1.807) is 4.90 Å². The van der Waals surface area contributed by atoms with Crippen molar-refractivity contribution in [3.63, 3.8) is 0 Å². The van der Waals surface area contributed by atoms with Gasteiger partial charge in [0.25, 0.3) is 0 Å². The van der Waals surface area contributed by atoms with Crippen molar-refractivity contribution in [2.24, 2.45) is 10.9 Å². The number of rotatable bonds is 6. The number of aliphatic imine (C=N–C) groups is 1. The number of benzene rings is 2. The van der Waals surface area contributed by atoms with Crippen LogP contribution in [0.2, 0.25) is 0 Å². The van der Waals surface area contributed by atoms with Gasteiger partial charge in [-0.05, 0) is 56.0 Å². The van der Waals surface area contributed by atoms with Crippen LogP contribution < -0.4 is 5.32 Å². The predicted octanol–water partition coefficient (Wildman–Crippen LogP) is 5.23. The van der Waals surface area contributed by atoms with Crippen molar-refractivity contribution in [1.82, 2.24) is 4.90 Å². The van der Waals surface area contributed by atoms with Crippen molar-refractivity contribution in [2.75, 3.05) is 11.9 Å². The van der Waals surface area contributed by atoms with Crippen LogP contribution in [-0.4, -0.2) is 33.7 Å². The SMILES string of the molecule is Cc1ccc(N=C2SC(CC(=O)Nc3cc(C)ccc3C)C(=O)N2CC(C)C)cc1. The van der Waals surface area contributed by atoms with Crippen LogP contribution in [0.5, 0.6) is 0 Å². The molecule has 1 saturated heterocycles. The lowest BCUT2D eigenvalue weighted by molar-refractivity contribution is -0.128. The van der Waals surface area contributed by atoms with E-state index >= 15 is 0 Å². The third-order valence-corrected chi connectivity index (χ3v) is 6.04. The number of carbonyl (C=O) groups excluding carboxylic acids is 2. The molecular formula is C24H29N3O2S. The monoisotopic (exact) mass is 423 g/mol. The van der Waals surface area contributed by atoms with Gasteiger partial charge in [0.1, 0.15) is 5.25 Å². The van der Waals surface area contributed by atoms with Crippen molar-refractivity contribution in [3.8, 4) is 0 Å². The number of carbonyl (C=O) groups is 2. The highest BCUT2D eigenvalue weighted by Gasteiger charge is 2.39. The zero-order valence-corrected chi connectivity index (χ0v) is 19.0. The lowest BCUT2D eigenvalue weighted by Crippen LogP contribution is -2.36. The fraction of sp³-hybridized carbons (Fsp3) is 0.375. The average Bonchev–Trinajstić information content (AvgIpc) is 2.95. The van der Waals surface area contributed by atoms with Gasteiger partial charge in [-0.2, -0.15) is 0 Å². The highest BCUT2D eigenvalue weighted by molar-refractivity contribution is 8.15. The number of thioether (sulfide) groups is 1. The summed E-state index contributed by atoms with van der Waals surface area (Å²) in [6.07, 6.45) is 0.123. The third-order valence-electron chi connectivity index (χ3n) is 4.86. The lowest BCUT2D eigenvalue weighted by Gasteiger charge is -2.18. The molecule has 1 fully saturated rings. The van der Waals surface area contributed by atoms with Crippen LogP contribution >= 0.6 is 11.8 Å². The van der Waals surface area contributed by atoms with E-state index in [0.29, 0.717) is 17.6 Å². The van der Waals surface area contributed by atoms with E-state index in [9.17, 15) is 9.59 Å². The van der Waals surface area contributed by atoms with Gasteiger partial charge >= 0.3 is 0 Å². The van der Waals surface area contributed by atoms with Crippen LogP contribution in [0.4, 0.5) is 11.4 Å². The summed E-state index contributed by atoms with van der Waals surface area (Å²) in [6.45, 7) is 10.7. The summed E-state index contributed by atoms with van der Waals surface area (Å²) < 4.78 is 0. The van der Waals surface area contributed by atoms with Gasteiger partial charge in [-0.3, -0.25) is 14.5 Å². The van der Waals surface area contributed by atoms with Crippen molar-refractivity contribution >= 4 is 40.1 Å². The minimum absolute atomic E-state index is 0.0457. The smallest absolute Gasteiger partial charge is 0.242 e. The molecule has 0 bridgehead atoms. The molecule has 1 heterocycles. The zero-order valence-electron chi connectivity index (χ0n) is 18.2. The van der Waals surface area contributed by atoms with Crippen molar-refractivity contribution in [1.29, 1.82) is 0 Å². The highest BCUT2D eigenvalue weighted by atomic mass is 32.2. The number of nitrogens with zero attached hydrogens (tertiary/aromatic N) is 2. The second kappa shape index (κ2) is 9.47. The minimum Gasteiger partial charge on any atom is -0.326 e. The Morgan fingerprint density at radius 1 is 1.10 bits per heavy atom. The number of amides is 2. The zero-order chi connectivity index (χ0) is 21.8. The Kier molecular flexibility index (Phi) is 6.98. The molecule has 1 aliphatic heterocycles. The first-order valence-electron chi connectivity index (χ1n) is 10.2. The van der Waals surface area contributed by atoms with E-state index in [-0.39, 0.29) is 18.2 Å². The summed E-state index contributed by atoms with van der Waals surface area (Å²) in [7, 11) is 0. The molecule has 2 amide bonds. The maximum Gasteiger partial charge on any atom is 0.242 e. The molecule has 30 heavy (non-hydrogen) atoms. The molecule has 5 nitrogen and oxygen atoms in total. The maximum absolute atomic E-state index is 13.0. The van der Waals surface area contributed by atoms with E-state index in [1.807, 2.05) is 63.2 Å². The normalized spacial score (nSPS) is 17.8. The molecule has 0 spiro atoms. The van der Waals surface area contributed by atoms with E-state index < -0.39 is 5.25 Å². The van der Waals surface area contributed by atoms with Crippen molar-refractivity contribution in [3.05, 3.63) is 59.2 Å². The van der Waals surface area contributed by atoms with E-state index in [4.69, 9.17) is 4.99 Å². The molecule has 1 atom stereocenters. The summed E-state index contributed by atoms with van der Waals surface area (Å²) in [6, 6.07) is 13.8. The van der Waals surface area contributed by atoms with Crippen molar-refractivity contribution in [2.45, 2.75) is 46.3 Å². The van der Waals surface area contributed by atoms with E-state index in [2.05, 4.69) is 19.2 Å². The second-order valence-electron chi connectivity index (χ2n) is 8.25. The van der Waals surface area contributed by atoms with Crippen LogP contribution in [0.3, 0.4) is 0 Å². The van der Waals surface area contributed by atoms with Crippen molar-refractivity contribution < 1.29 is 9.59 Å². The first-order chi connectivity index (χ1) is 14.2. The molecule has 0 saturated carbocycles. The summed E-state index contributed by atoms with van der Waals surface area (Å²) in [5, 5.41) is 3.17. The van der Waals surface area contributed by atoms with Gasteiger partial charge in [-0.15, -0.1) is 0 Å². The summed E-state index contributed by atoms with van der Waals surface area (Å²) >= 11 is 1.38. The Morgan fingerprint density at radius 2 is 1.77 bits per heavy atom. The van der Waals surface area contributed by atoms with Gasteiger partial charge in [0.2, 0.25) is 11.8 Å². The minimum atomic E-state index is -0.460. The molecular weight excluding hydrogens is 394 g/mol. The highest BCUT2D eigenvalue weighted by Crippen LogP contribution is 2.32. The molecule has 1 unspecified atom stereocenters. The molecule has 0 radical (unpaired) electrons. The van der Waals surface area contributed by atoms with Crippen LogP contribution in [0.25, 0.3) is 0 Å². The number of nitrogens with one attached hydrogen (secondary N) is 1. The molecule has 0 aliphatic carbocycles. The Bertz CT molecular complexity index is 967. The van der Waals surface area contributed by atoms with E-state index in [0.717, 1.165) is 28.1 Å². The molecule has 3 rings (SSSR count). The van der Waals surface area contributed by atoms with Crippen LogP contribution in [0.15, 0.2) is 47.5 Å². The Hall–Kier alpha value is -2.60. The molecule has 6 heteroatoms. The van der Waals surface area contributed by atoms with Gasteiger partial charge in [0, 0.05) is 18.7 Å². The number of hydrogen-bond donors (Lipinski definition) is 1. The van der Waals surface area contributed by atoms with Gasteiger partial charge in [-0.25, -0.2) is 4.99 Å². The van der Waals surface area contributed by atoms with Gasteiger partial charge in [0.05, 0.1) is 5.69 Å². The molecule has 1 aliphatic rings. The lowest BCUT2D eigenvalue weighted by atomic mass is 10.1. The molecule has 2 aromatic carbocycles. The quantitative estimate of drug-likeness (QED) is 0.692. The van der Waals surface area contributed by atoms with Crippen LogP contribution in [0.1, 0.15) is 37.0 Å². The summed E-state index contributed by atoms with van der Waals surface area (Å²) in [5.41, 5.74) is 4.85. The first-order valence-corrected chi connectivity index (χ1v) is 11.1. The summed E-state index contributed by atoms with van der Waals surface area (Å²) in [4.78, 5) is 32.2. The molecule has 158 valence electrons. The topological polar surface area (TPSA) is 61.8 Å². The third kappa shape index (κ3) is 5.51. The van der Waals surface area contributed by atoms with Crippen LogP contribution in [-0.2, 0) is 9.59 Å². The number of anilines is 1. The average molecular weight is 424 g/mol. The number of hydrogen-bond acceptors (Lipinski definition) is 4. The maximum atomic E-state index is 13.0. The Labute approximate surface area is 183 Å². The van der Waals surface area contributed by atoms with E-state index in [1.165, 1.54) is 11.8 Å². The van der Waals surface area contributed by atoms with Gasteiger partial charge < -0.3 is 5.32 Å². The Morgan fingerprint density at radius 3 is 2.43 bits per heavy atom. The molecule has 0 aromatic heterocycles. The largest absolute Gasteiger partial charge is 0.326 e. The van der Waals surface area contributed by atoms with Crippen LogP contribution in [0, 0.1) is 26.7 Å². The Balaban J connectivity index is 1.76. The first kappa shape index (κ1) is 22.1. The fourth-order valence-electron chi connectivity index (χ4n) is 3.23. The number of aryl methyl sites for hydroxylation is 3. The predicted molar refractivity (Wildman–Crippen MR) is 125 cm³/mol. The molecule has 1 N–H and O–H groups in total. The summed E-state index contributed by atoms with van der Waals surface area (Å²) in [5.74, 6) is 0.103. The molecule has 2 aromatic rings.